The van der Waals surface area contributed by atoms with Crippen LogP contribution >= 0.6 is 11.6 Å². The number of carbonyl (C=O) groups is 2. The first-order valence-corrected chi connectivity index (χ1v) is 10.1. The minimum Gasteiger partial charge on any atom is -0.353 e. The highest BCUT2D eigenvalue weighted by Gasteiger charge is 2.23. The number of aromatic nitrogens is 1. The van der Waals surface area contributed by atoms with E-state index >= 15 is 0 Å². The van der Waals surface area contributed by atoms with E-state index in [4.69, 9.17) is 11.6 Å². The molecule has 5 nitrogen and oxygen atoms in total. The number of rotatable bonds is 9. The van der Waals surface area contributed by atoms with Crippen molar-refractivity contribution in [3.8, 4) is 0 Å². The van der Waals surface area contributed by atoms with Crippen LogP contribution in [0.2, 0.25) is 5.02 Å². The maximum absolute atomic E-state index is 13.1. The summed E-state index contributed by atoms with van der Waals surface area (Å²) in [5.41, 5.74) is 1.61. The third-order valence-electron chi connectivity index (χ3n) is 4.54. The standard InChI is InChI=1S/C22H30ClN3O2/c1-5-12-25(22(28)18-8-10-19(23)11-9-18)16-21(27)26(14-17(2)3)15-20-7-6-13-24(20)4/h6-11,13,17H,5,12,14-16H2,1-4H3. The normalized spacial score (nSPS) is 10.9. The Hall–Kier alpha value is -2.27. The molecule has 2 rings (SSSR count). The van der Waals surface area contributed by atoms with Gasteiger partial charge in [0, 0.05) is 42.6 Å². The molecular formula is C22H30ClN3O2. The number of amides is 2. The van der Waals surface area contributed by atoms with Gasteiger partial charge in [-0.15, -0.1) is 0 Å². The molecule has 0 radical (unpaired) electrons. The number of aryl methyl sites for hydroxylation is 1. The van der Waals surface area contributed by atoms with Crippen LogP contribution < -0.4 is 0 Å². The largest absolute Gasteiger partial charge is 0.353 e. The number of hydrogen-bond acceptors (Lipinski definition) is 2. The topological polar surface area (TPSA) is 45.6 Å². The molecule has 0 aliphatic rings. The van der Waals surface area contributed by atoms with Crippen LogP contribution in [0.3, 0.4) is 0 Å². The van der Waals surface area contributed by atoms with E-state index < -0.39 is 0 Å². The maximum atomic E-state index is 13.1. The summed E-state index contributed by atoms with van der Waals surface area (Å²) in [6.45, 7) is 7.98. The molecule has 0 fully saturated rings. The molecule has 1 heterocycles. The molecule has 152 valence electrons. The van der Waals surface area contributed by atoms with Crippen LogP contribution in [0.1, 0.15) is 43.2 Å². The molecule has 2 amide bonds. The van der Waals surface area contributed by atoms with Gasteiger partial charge < -0.3 is 14.4 Å². The van der Waals surface area contributed by atoms with E-state index in [1.165, 1.54) is 0 Å². The molecule has 0 saturated carbocycles. The summed E-state index contributed by atoms with van der Waals surface area (Å²) in [7, 11) is 1.97. The van der Waals surface area contributed by atoms with E-state index in [1.807, 2.05) is 41.8 Å². The molecule has 2 aromatic rings. The first-order valence-electron chi connectivity index (χ1n) is 9.74. The summed E-state index contributed by atoms with van der Waals surface area (Å²) < 4.78 is 2.02. The molecule has 0 aliphatic heterocycles. The van der Waals surface area contributed by atoms with Crippen LogP contribution in [-0.4, -0.2) is 45.8 Å². The van der Waals surface area contributed by atoms with Gasteiger partial charge in [0.25, 0.3) is 5.91 Å². The van der Waals surface area contributed by atoms with Crippen molar-refractivity contribution < 1.29 is 9.59 Å². The first-order chi connectivity index (χ1) is 13.3. The number of carbonyl (C=O) groups excluding carboxylic acids is 2. The summed E-state index contributed by atoms with van der Waals surface area (Å²) in [6.07, 6.45) is 2.76. The highest BCUT2D eigenvalue weighted by Crippen LogP contribution is 2.14. The lowest BCUT2D eigenvalue weighted by Crippen LogP contribution is -2.44. The molecule has 0 atom stereocenters. The summed E-state index contributed by atoms with van der Waals surface area (Å²) in [5, 5.41) is 0.584. The van der Waals surface area contributed by atoms with E-state index in [1.54, 1.807) is 29.2 Å². The molecular weight excluding hydrogens is 374 g/mol. The average Bonchev–Trinajstić information content (AvgIpc) is 3.05. The third kappa shape index (κ3) is 6.13. The van der Waals surface area contributed by atoms with Crippen LogP contribution in [0.15, 0.2) is 42.6 Å². The van der Waals surface area contributed by atoms with Crippen molar-refractivity contribution in [3.05, 3.63) is 58.9 Å². The van der Waals surface area contributed by atoms with E-state index in [0.717, 1.165) is 12.1 Å². The average molecular weight is 404 g/mol. The second-order valence-electron chi connectivity index (χ2n) is 7.51. The lowest BCUT2D eigenvalue weighted by atomic mass is 10.1. The highest BCUT2D eigenvalue weighted by atomic mass is 35.5. The van der Waals surface area contributed by atoms with Crippen molar-refractivity contribution in [2.75, 3.05) is 19.6 Å². The van der Waals surface area contributed by atoms with E-state index in [0.29, 0.717) is 36.1 Å². The second-order valence-corrected chi connectivity index (χ2v) is 7.95. The Labute approximate surface area is 172 Å². The van der Waals surface area contributed by atoms with E-state index in [2.05, 4.69) is 13.8 Å². The van der Waals surface area contributed by atoms with Crippen LogP contribution in [0, 0.1) is 5.92 Å². The lowest BCUT2D eigenvalue weighted by Gasteiger charge is -2.29. The lowest BCUT2D eigenvalue weighted by molar-refractivity contribution is -0.133. The Kier molecular flexibility index (Phi) is 8.12. The third-order valence-corrected chi connectivity index (χ3v) is 4.79. The SMILES string of the molecule is CCCN(CC(=O)N(Cc1cccn1C)CC(C)C)C(=O)c1ccc(Cl)cc1. The molecule has 0 N–H and O–H groups in total. The highest BCUT2D eigenvalue weighted by molar-refractivity contribution is 6.30. The molecule has 6 heteroatoms. The van der Waals surface area contributed by atoms with Crippen LogP contribution in [0.4, 0.5) is 0 Å². The smallest absolute Gasteiger partial charge is 0.254 e. The number of hydrogen-bond donors (Lipinski definition) is 0. The summed E-state index contributed by atoms with van der Waals surface area (Å²) in [6, 6.07) is 10.8. The van der Waals surface area contributed by atoms with Gasteiger partial charge in [-0.1, -0.05) is 32.4 Å². The van der Waals surface area contributed by atoms with Crippen molar-refractivity contribution in [3.63, 3.8) is 0 Å². The van der Waals surface area contributed by atoms with Gasteiger partial charge in [0.2, 0.25) is 5.91 Å². The quantitative estimate of drug-likeness (QED) is 0.629. The number of halogens is 1. The molecule has 0 spiro atoms. The Morgan fingerprint density at radius 3 is 2.32 bits per heavy atom. The van der Waals surface area contributed by atoms with Crippen molar-refractivity contribution in [1.29, 1.82) is 0 Å². The summed E-state index contributed by atoms with van der Waals surface area (Å²) in [5.74, 6) is 0.164. The minimum absolute atomic E-state index is 0.0364. The number of nitrogens with zero attached hydrogens (tertiary/aromatic N) is 3. The van der Waals surface area contributed by atoms with Crippen molar-refractivity contribution >= 4 is 23.4 Å². The molecule has 0 unspecified atom stereocenters. The van der Waals surface area contributed by atoms with E-state index in [9.17, 15) is 9.59 Å². The first kappa shape index (κ1) is 22.0. The minimum atomic E-state index is -0.143. The number of benzene rings is 1. The van der Waals surface area contributed by atoms with Gasteiger partial charge in [-0.25, -0.2) is 0 Å². The zero-order chi connectivity index (χ0) is 20.7. The molecule has 1 aromatic carbocycles. The predicted octanol–water partition coefficient (Wildman–Crippen LogP) is 4.22. The Bertz CT molecular complexity index is 783. The fourth-order valence-electron chi connectivity index (χ4n) is 3.11. The van der Waals surface area contributed by atoms with Crippen molar-refractivity contribution in [1.82, 2.24) is 14.4 Å². The van der Waals surface area contributed by atoms with Gasteiger partial charge in [0.1, 0.15) is 6.54 Å². The van der Waals surface area contributed by atoms with Gasteiger partial charge in [-0.2, -0.15) is 0 Å². The fourth-order valence-corrected chi connectivity index (χ4v) is 3.24. The molecule has 28 heavy (non-hydrogen) atoms. The Balaban J connectivity index is 2.15. The van der Waals surface area contributed by atoms with Gasteiger partial charge >= 0.3 is 0 Å². The fraction of sp³-hybridized carbons (Fsp3) is 0.455. The van der Waals surface area contributed by atoms with Crippen molar-refractivity contribution in [2.24, 2.45) is 13.0 Å². The van der Waals surface area contributed by atoms with Crippen molar-refractivity contribution in [2.45, 2.75) is 33.7 Å². The van der Waals surface area contributed by atoms with Gasteiger partial charge in [-0.3, -0.25) is 9.59 Å². The van der Waals surface area contributed by atoms with Gasteiger partial charge in [0.05, 0.1) is 6.54 Å². The maximum Gasteiger partial charge on any atom is 0.254 e. The van der Waals surface area contributed by atoms with Crippen LogP contribution in [0.5, 0.6) is 0 Å². The molecule has 1 aromatic heterocycles. The van der Waals surface area contributed by atoms with Gasteiger partial charge in [0.15, 0.2) is 0 Å². The zero-order valence-electron chi connectivity index (χ0n) is 17.2. The Morgan fingerprint density at radius 1 is 1.11 bits per heavy atom. The zero-order valence-corrected chi connectivity index (χ0v) is 17.9. The Morgan fingerprint density at radius 2 is 1.79 bits per heavy atom. The van der Waals surface area contributed by atoms with Crippen LogP contribution in [0.25, 0.3) is 0 Å². The molecule has 0 aliphatic carbocycles. The second kappa shape index (κ2) is 10.3. The predicted molar refractivity (Wildman–Crippen MR) is 113 cm³/mol. The molecule has 0 bridgehead atoms. The monoisotopic (exact) mass is 403 g/mol. The summed E-state index contributed by atoms with van der Waals surface area (Å²) >= 11 is 5.92. The summed E-state index contributed by atoms with van der Waals surface area (Å²) in [4.78, 5) is 29.5. The molecule has 0 saturated heterocycles. The van der Waals surface area contributed by atoms with E-state index in [-0.39, 0.29) is 18.4 Å². The van der Waals surface area contributed by atoms with Crippen LogP contribution in [-0.2, 0) is 18.4 Å². The van der Waals surface area contributed by atoms with Gasteiger partial charge in [-0.05, 0) is 48.7 Å².